The Morgan fingerprint density at radius 2 is 1.71 bits per heavy atom. The predicted molar refractivity (Wildman–Crippen MR) is 73.2 cm³/mol. The van der Waals surface area contributed by atoms with Crippen molar-refractivity contribution in [3.8, 4) is 0 Å². The minimum Gasteiger partial charge on any atom is -0.369 e. The van der Waals surface area contributed by atoms with Crippen molar-refractivity contribution in [2.75, 3.05) is 6.54 Å². The second kappa shape index (κ2) is 5.65. The van der Waals surface area contributed by atoms with Crippen LogP contribution < -0.4 is 5.73 Å². The maximum atomic E-state index is 5.99. The van der Waals surface area contributed by atoms with Gasteiger partial charge in [-0.3, -0.25) is 0 Å². The lowest BCUT2D eigenvalue weighted by Crippen LogP contribution is -2.36. The van der Waals surface area contributed by atoms with Crippen LogP contribution in [0, 0.1) is 20.8 Å². The van der Waals surface area contributed by atoms with E-state index < -0.39 is 0 Å². The molecule has 0 spiro atoms. The second-order valence-electron chi connectivity index (χ2n) is 5.17. The summed E-state index contributed by atoms with van der Waals surface area (Å²) in [4.78, 5) is 0. The largest absolute Gasteiger partial charge is 0.369 e. The summed E-state index contributed by atoms with van der Waals surface area (Å²) in [6, 6.07) is 4.41. The normalized spacial score (nSPS) is 14.7. The van der Waals surface area contributed by atoms with Gasteiger partial charge in [0.2, 0.25) is 0 Å². The van der Waals surface area contributed by atoms with E-state index in [0.717, 1.165) is 6.42 Å². The number of aryl methyl sites for hydroxylation is 3. The molecule has 0 fully saturated rings. The van der Waals surface area contributed by atoms with Crippen LogP contribution in [-0.4, -0.2) is 12.1 Å². The summed E-state index contributed by atoms with van der Waals surface area (Å²) < 4.78 is 5.99. The van der Waals surface area contributed by atoms with Gasteiger partial charge in [-0.2, -0.15) is 0 Å². The second-order valence-corrected chi connectivity index (χ2v) is 5.17. The number of hydrogen-bond donors (Lipinski definition) is 1. The minimum atomic E-state index is -0.205. The summed E-state index contributed by atoms with van der Waals surface area (Å²) in [5.74, 6) is 0. The van der Waals surface area contributed by atoms with E-state index in [1.807, 2.05) is 0 Å². The van der Waals surface area contributed by atoms with Gasteiger partial charge >= 0.3 is 0 Å². The van der Waals surface area contributed by atoms with Gasteiger partial charge in [0.15, 0.2) is 0 Å². The van der Waals surface area contributed by atoms with Gasteiger partial charge in [-0.05, 0) is 50.8 Å². The SMILES string of the molecule is CCC(C)(CN)OCc1c(C)cc(C)cc1C. The molecule has 0 bridgehead atoms. The topological polar surface area (TPSA) is 35.2 Å². The molecule has 0 amide bonds. The Kier molecular flexibility index (Phi) is 4.72. The van der Waals surface area contributed by atoms with Crippen molar-refractivity contribution in [3.05, 3.63) is 34.4 Å². The number of rotatable bonds is 5. The molecule has 0 saturated heterocycles. The summed E-state index contributed by atoms with van der Waals surface area (Å²) in [6.45, 7) is 11.8. The zero-order valence-corrected chi connectivity index (χ0v) is 11.8. The van der Waals surface area contributed by atoms with E-state index in [-0.39, 0.29) is 5.60 Å². The maximum absolute atomic E-state index is 5.99. The van der Waals surface area contributed by atoms with Crippen molar-refractivity contribution in [1.29, 1.82) is 0 Å². The highest BCUT2D eigenvalue weighted by molar-refractivity contribution is 5.36. The molecule has 2 heteroatoms. The van der Waals surface area contributed by atoms with Gasteiger partial charge in [-0.1, -0.05) is 24.6 Å². The quantitative estimate of drug-likeness (QED) is 0.850. The van der Waals surface area contributed by atoms with Crippen molar-refractivity contribution >= 4 is 0 Å². The molecular formula is C15H25NO. The van der Waals surface area contributed by atoms with E-state index in [2.05, 4.69) is 46.8 Å². The van der Waals surface area contributed by atoms with E-state index in [1.54, 1.807) is 0 Å². The third kappa shape index (κ3) is 3.55. The lowest BCUT2D eigenvalue weighted by molar-refractivity contribution is -0.0391. The standard InChI is InChI=1S/C15H25NO/c1-6-15(5,10-16)17-9-14-12(3)7-11(2)8-13(14)4/h7-8H,6,9-10,16H2,1-5H3. The zero-order valence-electron chi connectivity index (χ0n) is 11.8. The lowest BCUT2D eigenvalue weighted by Gasteiger charge is -2.27. The molecule has 0 aromatic heterocycles. The average Bonchev–Trinajstić information content (AvgIpc) is 2.27. The van der Waals surface area contributed by atoms with Crippen LogP contribution >= 0.6 is 0 Å². The molecule has 2 nitrogen and oxygen atoms in total. The van der Waals surface area contributed by atoms with Crippen molar-refractivity contribution < 1.29 is 4.74 Å². The summed E-state index contributed by atoms with van der Waals surface area (Å²) in [5.41, 5.74) is 10.8. The fourth-order valence-electron chi connectivity index (χ4n) is 1.99. The van der Waals surface area contributed by atoms with E-state index in [9.17, 15) is 0 Å². The van der Waals surface area contributed by atoms with Crippen LogP contribution in [0.15, 0.2) is 12.1 Å². The monoisotopic (exact) mass is 235 g/mol. The first kappa shape index (κ1) is 14.2. The summed E-state index contributed by atoms with van der Waals surface area (Å²) in [6.07, 6.45) is 0.938. The van der Waals surface area contributed by atoms with Gasteiger partial charge in [-0.15, -0.1) is 0 Å². The number of nitrogens with two attached hydrogens (primary N) is 1. The molecule has 0 heterocycles. The Morgan fingerprint density at radius 3 is 2.12 bits per heavy atom. The van der Waals surface area contributed by atoms with Gasteiger partial charge in [0.1, 0.15) is 0 Å². The van der Waals surface area contributed by atoms with Gasteiger partial charge in [0.05, 0.1) is 12.2 Å². The fraction of sp³-hybridized carbons (Fsp3) is 0.600. The fourth-order valence-corrected chi connectivity index (χ4v) is 1.99. The maximum Gasteiger partial charge on any atom is 0.0778 e. The van der Waals surface area contributed by atoms with E-state index in [1.165, 1.54) is 22.3 Å². The Labute approximate surface area is 105 Å². The van der Waals surface area contributed by atoms with Crippen LogP contribution in [0.1, 0.15) is 42.5 Å². The summed E-state index contributed by atoms with van der Waals surface area (Å²) in [5, 5.41) is 0. The third-order valence-electron chi connectivity index (χ3n) is 3.59. The Hall–Kier alpha value is -0.860. The molecule has 0 saturated carbocycles. The highest BCUT2D eigenvalue weighted by atomic mass is 16.5. The summed E-state index contributed by atoms with van der Waals surface area (Å²) >= 11 is 0. The van der Waals surface area contributed by atoms with Crippen molar-refractivity contribution in [3.63, 3.8) is 0 Å². The average molecular weight is 235 g/mol. The van der Waals surface area contributed by atoms with Crippen LogP contribution in [-0.2, 0) is 11.3 Å². The molecule has 1 aromatic rings. The molecule has 0 aliphatic carbocycles. The molecule has 96 valence electrons. The number of hydrogen-bond acceptors (Lipinski definition) is 2. The molecule has 1 atom stereocenters. The molecule has 2 N–H and O–H groups in total. The van der Waals surface area contributed by atoms with Crippen LogP contribution in [0.3, 0.4) is 0 Å². The van der Waals surface area contributed by atoms with Gasteiger partial charge in [0, 0.05) is 6.54 Å². The molecule has 0 aliphatic rings. The highest BCUT2D eigenvalue weighted by Gasteiger charge is 2.21. The Bertz CT molecular complexity index is 358. The van der Waals surface area contributed by atoms with Crippen molar-refractivity contribution in [1.82, 2.24) is 0 Å². The lowest BCUT2D eigenvalue weighted by atomic mass is 9.99. The molecule has 0 aliphatic heterocycles. The van der Waals surface area contributed by atoms with Crippen molar-refractivity contribution in [2.24, 2.45) is 5.73 Å². The number of ether oxygens (including phenoxy) is 1. The van der Waals surface area contributed by atoms with Gasteiger partial charge in [0.25, 0.3) is 0 Å². The molecule has 1 unspecified atom stereocenters. The van der Waals surface area contributed by atoms with E-state index in [0.29, 0.717) is 13.2 Å². The minimum absolute atomic E-state index is 0.205. The predicted octanol–water partition coefficient (Wildman–Crippen LogP) is 3.26. The molecular weight excluding hydrogens is 210 g/mol. The van der Waals surface area contributed by atoms with Crippen molar-refractivity contribution in [2.45, 2.75) is 53.2 Å². The number of benzene rings is 1. The first-order valence-corrected chi connectivity index (χ1v) is 6.32. The first-order valence-electron chi connectivity index (χ1n) is 6.32. The summed E-state index contributed by atoms with van der Waals surface area (Å²) in [7, 11) is 0. The smallest absolute Gasteiger partial charge is 0.0778 e. The van der Waals surface area contributed by atoms with E-state index >= 15 is 0 Å². The first-order chi connectivity index (χ1) is 7.91. The van der Waals surface area contributed by atoms with Gasteiger partial charge in [-0.25, -0.2) is 0 Å². The Morgan fingerprint density at radius 1 is 1.18 bits per heavy atom. The van der Waals surface area contributed by atoms with Crippen LogP contribution in [0.2, 0.25) is 0 Å². The third-order valence-corrected chi connectivity index (χ3v) is 3.59. The molecule has 0 radical (unpaired) electrons. The zero-order chi connectivity index (χ0) is 13.1. The van der Waals surface area contributed by atoms with Crippen LogP contribution in [0.25, 0.3) is 0 Å². The molecule has 1 aromatic carbocycles. The van der Waals surface area contributed by atoms with Crippen LogP contribution in [0.5, 0.6) is 0 Å². The van der Waals surface area contributed by atoms with Gasteiger partial charge < -0.3 is 10.5 Å². The highest BCUT2D eigenvalue weighted by Crippen LogP contribution is 2.21. The molecule has 1 rings (SSSR count). The van der Waals surface area contributed by atoms with Crippen LogP contribution in [0.4, 0.5) is 0 Å². The molecule has 17 heavy (non-hydrogen) atoms. The van der Waals surface area contributed by atoms with E-state index in [4.69, 9.17) is 10.5 Å². The Balaban J connectivity index is 2.83.